The number of nitrogens with zero attached hydrogens (tertiary/aromatic N) is 4. The second-order valence-corrected chi connectivity index (χ2v) is 14.0. The lowest BCUT2D eigenvalue weighted by Crippen LogP contribution is -2.72. The summed E-state index contributed by atoms with van der Waals surface area (Å²) in [4.78, 5) is 20.6. The SMILES string of the molecule is C=CC(=O)N1CCN(C2NC(OCC3CCCN3C)NC3C[C@]4(CCC32)Cc2cc(OC)ccc2S4)CC1CC#N. The van der Waals surface area contributed by atoms with Crippen molar-refractivity contribution in [1.29, 1.82) is 5.26 Å². The minimum atomic E-state index is -0.235. The topological polar surface area (TPSA) is 93.1 Å². The quantitative estimate of drug-likeness (QED) is 0.473. The van der Waals surface area contributed by atoms with Crippen LogP contribution in [0.5, 0.6) is 5.75 Å². The van der Waals surface area contributed by atoms with E-state index in [1.807, 2.05) is 4.90 Å². The number of likely N-dealkylation sites (N-methyl/N-ethyl adjacent to an activating group) is 1. The van der Waals surface area contributed by atoms with Crippen LogP contribution in [0.1, 0.15) is 44.1 Å². The molecule has 1 amide bonds. The van der Waals surface area contributed by atoms with E-state index in [0.29, 0.717) is 44.1 Å². The van der Waals surface area contributed by atoms with Gasteiger partial charge in [-0.15, -0.1) is 11.8 Å². The van der Waals surface area contributed by atoms with E-state index >= 15 is 0 Å². The molecule has 1 saturated carbocycles. The van der Waals surface area contributed by atoms with Crippen LogP contribution < -0.4 is 15.4 Å². The largest absolute Gasteiger partial charge is 0.497 e. The van der Waals surface area contributed by atoms with Crippen molar-refractivity contribution in [3.63, 3.8) is 0 Å². The average molecular weight is 581 g/mol. The Hall–Kier alpha value is -2.13. The molecule has 3 saturated heterocycles. The first-order valence-electron chi connectivity index (χ1n) is 15.2. The van der Waals surface area contributed by atoms with Gasteiger partial charge >= 0.3 is 0 Å². The molecule has 222 valence electrons. The summed E-state index contributed by atoms with van der Waals surface area (Å²) in [5.74, 6) is 1.26. The van der Waals surface area contributed by atoms with Crippen molar-refractivity contribution >= 4 is 17.7 Å². The Morgan fingerprint density at radius 1 is 1.27 bits per heavy atom. The maximum Gasteiger partial charge on any atom is 0.246 e. The van der Waals surface area contributed by atoms with Crippen molar-refractivity contribution in [2.75, 3.05) is 46.9 Å². The van der Waals surface area contributed by atoms with E-state index in [4.69, 9.17) is 9.47 Å². The molecule has 1 aromatic rings. The zero-order valence-corrected chi connectivity index (χ0v) is 25.2. The molecular weight excluding hydrogens is 536 g/mol. The van der Waals surface area contributed by atoms with Crippen LogP contribution in [0.15, 0.2) is 35.7 Å². The number of methoxy groups -OCH3 is 1. The summed E-state index contributed by atoms with van der Waals surface area (Å²) in [6.07, 6.45) is 8.40. The van der Waals surface area contributed by atoms with E-state index in [0.717, 1.165) is 44.5 Å². The number of benzene rings is 1. The Labute approximate surface area is 248 Å². The minimum absolute atomic E-state index is 0.0861. The van der Waals surface area contributed by atoms with Gasteiger partial charge in [0.1, 0.15) is 5.75 Å². The third-order valence-electron chi connectivity index (χ3n) is 10.1. The Morgan fingerprint density at radius 3 is 2.90 bits per heavy atom. The first-order valence-corrected chi connectivity index (χ1v) is 16.0. The number of fused-ring (bicyclic) bond motifs is 2. The second kappa shape index (κ2) is 12.2. The smallest absolute Gasteiger partial charge is 0.246 e. The lowest BCUT2D eigenvalue weighted by molar-refractivity contribution is -0.135. The highest BCUT2D eigenvalue weighted by Gasteiger charge is 2.51. The van der Waals surface area contributed by atoms with Gasteiger partial charge in [-0.3, -0.25) is 20.3 Å². The molecule has 9 nitrogen and oxygen atoms in total. The van der Waals surface area contributed by atoms with Gasteiger partial charge in [0.15, 0.2) is 6.35 Å². The van der Waals surface area contributed by atoms with Crippen LogP contribution in [0.25, 0.3) is 0 Å². The predicted octanol–water partition coefficient (Wildman–Crippen LogP) is 2.78. The highest BCUT2D eigenvalue weighted by molar-refractivity contribution is 8.01. The molecule has 0 aromatic heterocycles. The van der Waals surface area contributed by atoms with Crippen LogP contribution in [0.4, 0.5) is 0 Å². The fourth-order valence-corrected chi connectivity index (χ4v) is 9.42. The molecule has 6 rings (SSSR count). The Kier molecular flexibility index (Phi) is 8.64. The number of piperazine rings is 1. The van der Waals surface area contributed by atoms with E-state index in [-0.39, 0.29) is 29.2 Å². The van der Waals surface area contributed by atoms with Crippen LogP contribution in [-0.4, -0.2) is 103 Å². The lowest BCUT2D eigenvalue weighted by atomic mass is 9.73. The highest BCUT2D eigenvalue weighted by Crippen LogP contribution is 2.55. The molecule has 4 aliphatic heterocycles. The van der Waals surface area contributed by atoms with Gasteiger partial charge < -0.3 is 19.3 Å². The summed E-state index contributed by atoms with van der Waals surface area (Å²) in [7, 11) is 3.93. The maximum atomic E-state index is 12.6. The summed E-state index contributed by atoms with van der Waals surface area (Å²) in [6, 6.07) is 9.46. The molecule has 1 aliphatic carbocycles. The summed E-state index contributed by atoms with van der Waals surface area (Å²) in [6.45, 7) is 7.57. The van der Waals surface area contributed by atoms with Crippen molar-refractivity contribution in [2.24, 2.45) is 5.92 Å². The summed E-state index contributed by atoms with van der Waals surface area (Å²) in [5.41, 5.74) is 1.40. The summed E-state index contributed by atoms with van der Waals surface area (Å²) in [5, 5.41) is 17.3. The molecule has 0 radical (unpaired) electrons. The molecule has 1 aromatic carbocycles. The third-order valence-corrected chi connectivity index (χ3v) is 11.6. The molecule has 2 N–H and O–H groups in total. The van der Waals surface area contributed by atoms with Crippen LogP contribution >= 0.6 is 11.8 Å². The van der Waals surface area contributed by atoms with Crippen molar-refractivity contribution in [3.8, 4) is 11.8 Å². The second-order valence-electron chi connectivity index (χ2n) is 12.5. The first-order chi connectivity index (χ1) is 19.9. The molecular formula is C31H44N6O3S. The van der Waals surface area contributed by atoms with Crippen molar-refractivity contribution < 1.29 is 14.3 Å². The van der Waals surface area contributed by atoms with Crippen LogP contribution in [0, 0.1) is 17.2 Å². The number of hydrogen-bond acceptors (Lipinski definition) is 9. The number of hydrogen-bond donors (Lipinski definition) is 2. The third kappa shape index (κ3) is 5.90. The summed E-state index contributed by atoms with van der Waals surface area (Å²) >= 11 is 2.05. The van der Waals surface area contributed by atoms with Gasteiger partial charge in [0.05, 0.1) is 38.4 Å². The van der Waals surface area contributed by atoms with E-state index in [1.165, 1.54) is 29.4 Å². The number of thioether (sulfide) groups is 1. The highest BCUT2D eigenvalue weighted by atomic mass is 32.2. The maximum absolute atomic E-state index is 12.6. The fourth-order valence-electron chi connectivity index (χ4n) is 7.85. The average Bonchev–Trinajstić information content (AvgIpc) is 3.56. The molecule has 4 fully saturated rings. The van der Waals surface area contributed by atoms with Crippen LogP contribution in [0.3, 0.4) is 0 Å². The van der Waals surface area contributed by atoms with Gasteiger partial charge in [0.2, 0.25) is 5.91 Å². The molecule has 5 aliphatic rings. The predicted molar refractivity (Wildman–Crippen MR) is 159 cm³/mol. The Bertz CT molecular complexity index is 1180. The normalized spacial score (nSPS) is 35.6. The number of carbonyl (C=O) groups is 1. The van der Waals surface area contributed by atoms with Gasteiger partial charge in [-0.1, -0.05) is 6.58 Å². The molecule has 0 bridgehead atoms. The monoisotopic (exact) mass is 580 g/mol. The number of ether oxygens (including phenoxy) is 2. The molecule has 1 spiro atoms. The number of rotatable bonds is 7. The van der Waals surface area contributed by atoms with Gasteiger partial charge in [-0.2, -0.15) is 5.26 Å². The van der Waals surface area contributed by atoms with Crippen LogP contribution in [-0.2, 0) is 16.0 Å². The van der Waals surface area contributed by atoms with Gasteiger partial charge in [-0.05, 0) is 82.0 Å². The van der Waals surface area contributed by atoms with Gasteiger partial charge in [-0.25, -0.2) is 0 Å². The van der Waals surface area contributed by atoms with E-state index in [2.05, 4.69) is 70.1 Å². The van der Waals surface area contributed by atoms with Crippen molar-refractivity contribution in [3.05, 3.63) is 36.4 Å². The first kappa shape index (κ1) is 29.0. The van der Waals surface area contributed by atoms with E-state index < -0.39 is 0 Å². The number of carbonyl (C=O) groups excluding carboxylic acids is 1. The van der Waals surface area contributed by atoms with E-state index in [1.54, 1.807) is 7.11 Å². The van der Waals surface area contributed by atoms with Gasteiger partial charge in [0.25, 0.3) is 0 Å². The number of nitriles is 1. The zero-order chi connectivity index (χ0) is 28.6. The van der Waals surface area contributed by atoms with Crippen molar-refractivity contribution in [2.45, 2.75) is 85.2 Å². The van der Waals surface area contributed by atoms with E-state index in [9.17, 15) is 10.1 Å². The van der Waals surface area contributed by atoms with Gasteiger partial charge in [0, 0.05) is 47.3 Å². The van der Waals surface area contributed by atoms with Crippen molar-refractivity contribution in [1.82, 2.24) is 25.3 Å². The zero-order valence-electron chi connectivity index (χ0n) is 24.4. The number of nitrogens with one attached hydrogen (secondary N) is 2. The Morgan fingerprint density at radius 2 is 2.15 bits per heavy atom. The fraction of sp³-hybridized carbons (Fsp3) is 0.677. The van der Waals surface area contributed by atoms with Crippen LogP contribution in [0.2, 0.25) is 0 Å². The molecule has 10 heteroatoms. The summed E-state index contributed by atoms with van der Waals surface area (Å²) < 4.78 is 12.3. The molecule has 6 unspecified atom stereocenters. The Balaban J connectivity index is 1.20. The molecule has 4 heterocycles. The molecule has 41 heavy (non-hydrogen) atoms. The number of likely N-dealkylation sites (tertiary alicyclic amines) is 1. The lowest BCUT2D eigenvalue weighted by Gasteiger charge is -2.55. The molecule has 7 atom stereocenters. The standard InChI is InChI=1S/C31H44N6O3S/c1-4-28(38)37-15-14-36(19-22(37)10-12-32)29-25-9-11-31(17-21-16-24(39-3)7-8-27(21)41-31)18-26(25)33-30(34-29)40-20-23-6-5-13-35(23)2/h4,7-8,16,22-23,25-26,29-30,33-34H,1,5-6,9-11,13-15,17-20H2,2-3H3/t22?,23?,25?,26?,29?,30?,31-/m0/s1. The number of amides is 1. The minimum Gasteiger partial charge on any atom is -0.497 e.